The molecule has 0 unspecified atom stereocenters. The van der Waals surface area contributed by atoms with Crippen LogP contribution in [0.2, 0.25) is 5.02 Å². The lowest BCUT2D eigenvalue weighted by molar-refractivity contribution is 0.324. The fourth-order valence-electron chi connectivity index (χ4n) is 3.81. The Balaban J connectivity index is 1.48. The minimum atomic E-state index is -3.60. The van der Waals surface area contributed by atoms with Gasteiger partial charge in [-0.1, -0.05) is 17.7 Å². The Labute approximate surface area is 203 Å². The molecule has 11 heteroatoms. The molecule has 180 valence electrons. The first-order valence-electron chi connectivity index (χ1n) is 10.5. The largest absolute Gasteiger partial charge is 0.493 e. The third kappa shape index (κ3) is 4.75. The van der Waals surface area contributed by atoms with Gasteiger partial charge in [0.05, 0.1) is 31.9 Å². The number of methoxy groups -OCH3 is 3. The van der Waals surface area contributed by atoms with E-state index in [-0.39, 0.29) is 4.90 Å². The van der Waals surface area contributed by atoms with Crippen molar-refractivity contribution in [3.63, 3.8) is 0 Å². The van der Waals surface area contributed by atoms with E-state index in [1.807, 2.05) is 29.2 Å². The third-order valence-electron chi connectivity index (χ3n) is 5.61. The quantitative estimate of drug-likeness (QED) is 0.483. The number of halogens is 1. The summed E-state index contributed by atoms with van der Waals surface area (Å²) in [5.41, 5.74) is 1.41. The van der Waals surface area contributed by atoms with Gasteiger partial charge < -0.3 is 19.1 Å². The zero-order chi connectivity index (χ0) is 24.3. The van der Waals surface area contributed by atoms with Crippen molar-refractivity contribution in [1.82, 2.24) is 14.5 Å². The van der Waals surface area contributed by atoms with Crippen LogP contribution < -0.4 is 19.1 Å². The normalized spacial score (nSPS) is 14.6. The van der Waals surface area contributed by atoms with Gasteiger partial charge in [-0.05, 0) is 42.5 Å². The number of aromatic nitrogens is 2. The van der Waals surface area contributed by atoms with Crippen LogP contribution in [0.25, 0.3) is 11.3 Å². The van der Waals surface area contributed by atoms with Crippen molar-refractivity contribution in [1.29, 1.82) is 0 Å². The molecule has 0 atom stereocenters. The van der Waals surface area contributed by atoms with Crippen LogP contribution in [0.1, 0.15) is 0 Å². The maximum absolute atomic E-state index is 12.9. The summed E-state index contributed by atoms with van der Waals surface area (Å²) in [4.78, 5) is 2.21. The Morgan fingerprint density at radius 2 is 1.53 bits per heavy atom. The van der Waals surface area contributed by atoms with E-state index in [1.165, 1.54) is 10.4 Å². The van der Waals surface area contributed by atoms with Crippen molar-refractivity contribution >= 4 is 27.4 Å². The van der Waals surface area contributed by atoms with Gasteiger partial charge in [-0.2, -0.15) is 4.31 Å². The fraction of sp³-hybridized carbons (Fsp3) is 0.304. The average Bonchev–Trinajstić information content (AvgIpc) is 2.88. The molecule has 1 aliphatic heterocycles. The van der Waals surface area contributed by atoms with Crippen LogP contribution >= 0.6 is 11.6 Å². The Morgan fingerprint density at radius 1 is 0.853 bits per heavy atom. The highest BCUT2D eigenvalue weighted by Crippen LogP contribution is 2.40. The number of anilines is 1. The highest BCUT2D eigenvalue weighted by atomic mass is 35.5. The smallest absolute Gasteiger partial charge is 0.243 e. The van der Waals surface area contributed by atoms with Crippen molar-refractivity contribution in [2.24, 2.45) is 0 Å². The summed E-state index contributed by atoms with van der Waals surface area (Å²) >= 11 is 5.97. The minimum Gasteiger partial charge on any atom is -0.493 e. The lowest BCUT2D eigenvalue weighted by atomic mass is 10.1. The second-order valence-corrected chi connectivity index (χ2v) is 9.91. The average molecular weight is 505 g/mol. The van der Waals surface area contributed by atoms with Crippen molar-refractivity contribution < 1.29 is 22.6 Å². The van der Waals surface area contributed by atoms with Gasteiger partial charge in [-0.3, -0.25) is 0 Å². The van der Waals surface area contributed by atoms with Gasteiger partial charge in [0.15, 0.2) is 17.3 Å². The highest BCUT2D eigenvalue weighted by Gasteiger charge is 2.29. The first-order chi connectivity index (χ1) is 16.4. The first kappa shape index (κ1) is 24.1. The molecule has 34 heavy (non-hydrogen) atoms. The molecule has 0 radical (unpaired) electrons. The molecule has 1 fully saturated rings. The number of hydrogen-bond acceptors (Lipinski definition) is 8. The highest BCUT2D eigenvalue weighted by molar-refractivity contribution is 7.89. The van der Waals surface area contributed by atoms with Gasteiger partial charge in [-0.15, -0.1) is 10.2 Å². The number of hydrogen-bond donors (Lipinski definition) is 0. The van der Waals surface area contributed by atoms with E-state index in [2.05, 4.69) is 10.2 Å². The number of rotatable bonds is 7. The fourth-order valence-corrected chi connectivity index (χ4v) is 5.53. The van der Waals surface area contributed by atoms with E-state index in [1.54, 1.807) is 39.5 Å². The van der Waals surface area contributed by atoms with Crippen molar-refractivity contribution in [3.05, 3.63) is 53.6 Å². The van der Waals surface area contributed by atoms with E-state index in [0.717, 1.165) is 5.56 Å². The van der Waals surface area contributed by atoms with E-state index in [4.69, 9.17) is 25.8 Å². The molecule has 0 amide bonds. The summed E-state index contributed by atoms with van der Waals surface area (Å²) in [6.45, 7) is 1.67. The molecule has 2 heterocycles. The number of ether oxygens (including phenoxy) is 3. The maximum atomic E-state index is 12.9. The molecule has 2 aromatic carbocycles. The van der Waals surface area contributed by atoms with Crippen molar-refractivity contribution in [3.8, 4) is 28.5 Å². The monoisotopic (exact) mass is 504 g/mol. The van der Waals surface area contributed by atoms with Gasteiger partial charge in [0.2, 0.25) is 15.8 Å². The zero-order valence-corrected chi connectivity index (χ0v) is 20.6. The molecule has 3 aromatic rings. The van der Waals surface area contributed by atoms with Gasteiger partial charge in [0.25, 0.3) is 0 Å². The Morgan fingerprint density at radius 3 is 2.06 bits per heavy atom. The molecular formula is C23H25ClN4O5S. The molecule has 0 spiro atoms. The van der Waals surface area contributed by atoms with Gasteiger partial charge in [-0.25, -0.2) is 8.42 Å². The Kier molecular flexibility index (Phi) is 7.11. The number of nitrogens with zero attached hydrogens (tertiary/aromatic N) is 4. The second kappa shape index (κ2) is 10.0. The second-order valence-electron chi connectivity index (χ2n) is 7.54. The number of benzene rings is 2. The van der Waals surface area contributed by atoms with Crippen molar-refractivity contribution in [2.75, 3.05) is 52.4 Å². The topological polar surface area (TPSA) is 94.1 Å². The van der Waals surface area contributed by atoms with E-state index in [0.29, 0.717) is 60.0 Å². The van der Waals surface area contributed by atoms with Gasteiger partial charge >= 0.3 is 0 Å². The van der Waals surface area contributed by atoms with E-state index in [9.17, 15) is 8.42 Å². The van der Waals surface area contributed by atoms with Gasteiger partial charge in [0, 0.05) is 36.8 Å². The van der Waals surface area contributed by atoms with Gasteiger partial charge in [0.1, 0.15) is 0 Å². The van der Waals surface area contributed by atoms with E-state index >= 15 is 0 Å². The molecule has 4 rings (SSSR count). The molecule has 1 aliphatic rings. The van der Waals surface area contributed by atoms with Crippen LogP contribution in [-0.4, -0.2) is 70.4 Å². The lowest BCUT2D eigenvalue weighted by Crippen LogP contribution is -2.49. The zero-order valence-electron chi connectivity index (χ0n) is 19.1. The van der Waals surface area contributed by atoms with Crippen LogP contribution in [-0.2, 0) is 10.0 Å². The molecular weight excluding hydrogens is 480 g/mol. The summed E-state index contributed by atoms with van der Waals surface area (Å²) in [7, 11) is 1.07. The summed E-state index contributed by atoms with van der Waals surface area (Å²) in [5, 5.41) is 9.12. The standard InChI is InChI=1S/C23H25ClN4O5S/c1-31-20-13-16(14-21(32-2)23(20)33-3)19-7-8-22(26-25-19)27-9-11-28(12-10-27)34(29,30)18-6-4-5-17(24)15-18/h4-8,13-15H,9-12H2,1-3H3. The molecule has 0 bridgehead atoms. The van der Waals surface area contributed by atoms with Crippen LogP contribution in [0.15, 0.2) is 53.4 Å². The van der Waals surface area contributed by atoms with Crippen LogP contribution in [0.5, 0.6) is 17.2 Å². The molecule has 1 aromatic heterocycles. The number of sulfonamides is 1. The first-order valence-corrected chi connectivity index (χ1v) is 12.3. The molecule has 0 saturated carbocycles. The maximum Gasteiger partial charge on any atom is 0.243 e. The van der Waals surface area contributed by atoms with Crippen LogP contribution in [0.3, 0.4) is 0 Å². The summed E-state index contributed by atoms with van der Waals surface area (Å²) in [5.74, 6) is 2.24. The SMILES string of the molecule is COc1cc(-c2ccc(N3CCN(S(=O)(=O)c4cccc(Cl)c4)CC3)nn2)cc(OC)c1OC. The summed E-state index contributed by atoms with van der Waals surface area (Å²) in [6, 6.07) is 13.7. The Bertz CT molecular complexity index is 1240. The molecule has 0 N–H and O–H groups in total. The molecule has 0 aliphatic carbocycles. The number of piperazine rings is 1. The molecule has 9 nitrogen and oxygen atoms in total. The predicted molar refractivity (Wildman–Crippen MR) is 130 cm³/mol. The Hall–Kier alpha value is -3.08. The van der Waals surface area contributed by atoms with Crippen LogP contribution in [0, 0.1) is 0 Å². The van der Waals surface area contributed by atoms with Crippen molar-refractivity contribution in [2.45, 2.75) is 4.90 Å². The lowest BCUT2D eigenvalue weighted by Gasteiger charge is -2.34. The molecule has 1 saturated heterocycles. The summed E-state index contributed by atoms with van der Waals surface area (Å²) < 4.78 is 43.5. The van der Waals surface area contributed by atoms with E-state index < -0.39 is 10.0 Å². The minimum absolute atomic E-state index is 0.197. The third-order valence-corrected chi connectivity index (χ3v) is 7.74. The van der Waals surface area contributed by atoms with Crippen LogP contribution in [0.4, 0.5) is 5.82 Å². The predicted octanol–water partition coefficient (Wildman–Crippen LogP) is 3.33. The summed E-state index contributed by atoms with van der Waals surface area (Å²) in [6.07, 6.45) is 0.